The molecule has 2 aromatic heterocycles. The Hall–Kier alpha value is -3.31. The molecule has 0 fully saturated rings. The van der Waals surface area contributed by atoms with Crippen molar-refractivity contribution in [2.45, 2.75) is 6.92 Å². The van der Waals surface area contributed by atoms with Crippen LogP contribution in [0.4, 0.5) is 11.5 Å². The molecule has 0 saturated carbocycles. The number of fused-ring (bicyclic) bond motifs is 1. The van der Waals surface area contributed by atoms with Crippen LogP contribution in [0.1, 0.15) is 22.2 Å². The predicted molar refractivity (Wildman–Crippen MR) is 101 cm³/mol. The molecule has 0 aliphatic carbocycles. The number of nitriles is 1. The lowest BCUT2D eigenvalue weighted by Crippen LogP contribution is -2.02. The molecule has 4 N–H and O–H groups in total. The summed E-state index contributed by atoms with van der Waals surface area (Å²) in [5, 5.41) is 10.1. The van der Waals surface area contributed by atoms with Gasteiger partial charge in [0.2, 0.25) is 0 Å². The molecule has 0 bridgehead atoms. The molecule has 0 amide bonds. The molecule has 0 aliphatic rings. The Morgan fingerprint density at radius 2 is 2.00 bits per heavy atom. The summed E-state index contributed by atoms with van der Waals surface area (Å²) in [7, 11) is 1.28. The van der Waals surface area contributed by atoms with Gasteiger partial charge in [-0.3, -0.25) is 0 Å². The van der Waals surface area contributed by atoms with E-state index >= 15 is 0 Å². The molecular formula is C18H16N4O3S. The topological polar surface area (TPSA) is 124 Å². The first-order chi connectivity index (χ1) is 12.5. The monoisotopic (exact) mass is 368 g/mol. The fourth-order valence-electron chi connectivity index (χ4n) is 2.70. The highest BCUT2D eigenvalue weighted by molar-refractivity contribution is 7.21. The number of ether oxygens (including phenoxy) is 2. The largest absolute Gasteiger partial charge is 0.494 e. The van der Waals surface area contributed by atoms with Crippen LogP contribution in [-0.4, -0.2) is 24.7 Å². The fraction of sp³-hybridized carbons (Fsp3) is 0.167. The number of rotatable bonds is 4. The summed E-state index contributed by atoms with van der Waals surface area (Å²) < 4.78 is 10.2. The maximum absolute atomic E-state index is 12.0. The lowest BCUT2D eigenvalue weighted by Gasteiger charge is -2.10. The van der Waals surface area contributed by atoms with Crippen molar-refractivity contribution in [1.29, 1.82) is 5.26 Å². The molecule has 0 atom stereocenters. The molecule has 26 heavy (non-hydrogen) atoms. The van der Waals surface area contributed by atoms with Crippen LogP contribution < -0.4 is 16.2 Å². The SMILES string of the molecule is CCOc1ccc(-c2c(C#N)c(N)nc3sc(C(=O)OC)c(N)c23)cc1. The normalized spacial score (nSPS) is 10.5. The molecule has 3 aromatic rings. The summed E-state index contributed by atoms with van der Waals surface area (Å²) in [5.41, 5.74) is 13.9. The lowest BCUT2D eigenvalue weighted by molar-refractivity contribution is 0.0607. The number of nitrogens with two attached hydrogens (primary N) is 2. The summed E-state index contributed by atoms with van der Waals surface area (Å²) in [6, 6.07) is 9.31. The van der Waals surface area contributed by atoms with Crippen LogP contribution in [-0.2, 0) is 4.74 Å². The molecule has 1 aromatic carbocycles. The van der Waals surface area contributed by atoms with Crippen LogP contribution in [0.3, 0.4) is 0 Å². The van der Waals surface area contributed by atoms with Crippen molar-refractivity contribution >= 4 is 39.0 Å². The fourth-order valence-corrected chi connectivity index (χ4v) is 3.73. The zero-order valence-electron chi connectivity index (χ0n) is 14.2. The minimum atomic E-state index is -0.555. The van der Waals surface area contributed by atoms with Crippen molar-refractivity contribution in [3.63, 3.8) is 0 Å². The Kier molecular flexibility index (Phi) is 4.65. The third-order valence-corrected chi connectivity index (χ3v) is 4.92. The molecule has 8 heteroatoms. The molecule has 0 aliphatic heterocycles. The Bertz CT molecular complexity index is 1040. The van der Waals surface area contributed by atoms with Crippen LogP contribution >= 0.6 is 11.3 Å². The van der Waals surface area contributed by atoms with E-state index in [2.05, 4.69) is 11.1 Å². The summed E-state index contributed by atoms with van der Waals surface area (Å²) in [5.74, 6) is 0.239. The molecule has 7 nitrogen and oxygen atoms in total. The van der Waals surface area contributed by atoms with Gasteiger partial charge in [0.15, 0.2) is 0 Å². The molecule has 3 rings (SSSR count). The first-order valence-corrected chi connectivity index (χ1v) is 8.56. The van der Waals surface area contributed by atoms with Crippen molar-refractivity contribution in [2.75, 3.05) is 25.2 Å². The molecule has 0 unspecified atom stereocenters. The third kappa shape index (κ3) is 2.78. The van der Waals surface area contributed by atoms with E-state index in [-0.39, 0.29) is 21.9 Å². The van der Waals surface area contributed by atoms with E-state index in [1.54, 1.807) is 12.1 Å². The van der Waals surface area contributed by atoms with Gasteiger partial charge in [-0.05, 0) is 24.6 Å². The number of anilines is 2. The molecular weight excluding hydrogens is 352 g/mol. The van der Waals surface area contributed by atoms with Gasteiger partial charge in [0.25, 0.3) is 0 Å². The maximum atomic E-state index is 12.0. The Labute approximate surface area is 153 Å². The van der Waals surface area contributed by atoms with Crippen LogP contribution in [0.25, 0.3) is 21.3 Å². The van der Waals surface area contributed by atoms with E-state index in [0.29, 0.717) is 28.1 Å². The highest BCUT2D eigenvalue weighted by Crippen LogP contribution is 2.42. The number of aromatic nitrogens is 1. The first kappa shape index (κ1) is 17.5. The Morgan fingerprint density at radius 3 is 2.58 bits per heavy atom. The van der Waals surface area contributed by atoms with Crippen LogP contribution in [0.5, 0.6) is 5.75 Å². The van der Waals surface area contributed by atoms with Crippen LogP contribution in [0.2, 0.25) is 0 Å². The van der Waals surface area contributed by atoms with Crippen molar-refractivity contribution in [3.05, 3.63) is 34.7 Å². The second-order valence-corrected chi connectivity index (χ2v) is 6.33. The summed E-state index contributed by atoms with van der Waals surface area (Å²) in [6.45, 7) is 2.45. The minimum Gasteiger partial charge on any atom is -0.494 e. The zero-order valence-corrected chi connectivity index (χ0v) is 15.0. The van der Waals surface area contributed by atoms with Gasteiger partial charge >= 0.3 is 5.97 Å². The van der Waals surface area contributed by atoms with E-state index in [9.17, 15) is 10.1 Å². The smallest absolute Gasteiger partial charge is 0.350 e. The van der Waals surface area contributed by atoms with Crippen LogP contribution in [0.15, 0.2) is 24.3 Å². The second kappa shape index (κ2) is 6.90. The Balaban J connectivity index is 2.33. The van der Waals surface area contributed by atoms with Crippen molar-refractivity contribution in [2.24, 2.45) is 0 Å². The highest BCUT2D eigenvalue weighted by atomic mass is 32.1. The number of nitrogen functional groups attached to an aromatic ring is 2. The standard InChI is InChI=1S/C18H16N4O3S/c1-3-25-10-6-4-9(5-7-10)12-11(8-19)16(21)22-17-13(12)14(20)15(26-17)18(23)24-2/h4-7H,3,20H2,1-2H3,(H2,21,22). The molecule has 2 heterocycles. The van der Waals surface area contributed by atoms with Gasteiger partial charge in [0, 0.05) is 10.9 Å². The second-order valence-electron chi connectivity index (χ2n) is 5.33. The molecule has 0 saturated heterocycles. The average molecular weight is 368 g/mol. The number of carbonyl (C=O) groups is 1. The van der Waals surface area contributed by atoms with Crippen molar-refractivity contribution in [1.82, 2.24) is 4.98 Å². The number of hydrogen-bond acceptors (Lipinski definition) is 8. The van der Waals surface area contributed by atoms with Gasteiger partial charge in [-0.15, -0.1) is 11.3 Å². The molecule has 0 radical (unpaired) electrons. The number of hydrogen-bond donors (Lipinski definition) is 2. The number of benzene rings is 1. The minimum absolute atomic E-state index is 0.0848. The van der Waals surface area contributed by atoms with Crippen molar-refractivity contribution in [3.8, 4) is 22.9 Å². The Morgan fingerprint density at radius 1 is 1.31 bits per heavy atom. The number of carbonyl (C=O) groups excluding carboxylic acids is 1. The van der Waals surface area contributed by atoms with Crippen LogP contribution in [0, 0.1) is 11.3 Å². The first-order valence-electron chi connectivity index (χ1n) is 7.74. The van der Waals surface area contributed by atoms with E-state index in [1.165, 1.54) is 7.11 Å². The van der Waals surface area contributed by atoms with Gasteiger partial charge in [-0.25, -0.2) is 9.78 Å². The molecule has 0 spiro atoms. The van der Waals surface area contributed by atoms with E-state index < -0.39 is 5.97 Å². The summed E-state index contributed by atoms with van der Waals surface area (Å²) >= 11 is 1.09. The number of esters is 1. The summed E-state index contributed by atoms with van der Waals surface area (Å²) in [4.78, 5) is 16.9. The quantitative estimate of drug-likeness (QED) is 0.678. The van der Waals surface area contributed by atoms with E-state index in [4.69, 9.17) is 20.9 Å². The number of methoxy groups -OCH3 is 1. The predicted octanol–water partition coefficient (Wildman–Crippen LogP) is 3.18. The van der Waals surface area contributed by atoms with E-state index in [1.807, 2.05) is 19.1 Å². The van der Waals surface area contributed by atoms with Crippen molar-refractivity contribution < 1.29 is 14.3 Å². The van der Waals surface area contributed by atoms with Gasteiger partial charge in [0.1, 0.15) is 32.9 Å². The van der Waals surface area contributed by atoms with Gasteiger partial charge in [-0.1, -0.05) is 12.1 Å². The van der Waals surface area contributed by atoms with Gasteiger partial charge in [-0.2, -0.15) is 5.26 Å². The van der Waals surface area contributed by atoms with E-state index in [0.717, 1.165) is 16.9 Å². The molecule has 132 valence electrons. The van der Waals surface area contributed by atoms with Gasteiger partial charge < -0.3 is 20.9 Å². The highest BCUT2D eigenvalue weighted by Gasteiger charge is 2.24. The summed E-state index contributed by atoms with van der Waals surface area (Å²) in [6.07, 6.45) is 0. The third-order valence-electron chi connectivity index (χ3n) is 3.84. The maximum Gasteiger partial charge on any atom is 0.350 e. The average Bonchev–Trinajstić information content (AvgIpc) is 2.97. The number of thiophene rings is 1. The number of nitrogens with zero attached hydrogens (tertiary/aromatic N) is 2. The van der Waals surface area contributed by atoms with Gasteiger partial charge in [0.05, 0.1) is 19.4 Å². The zero-order chi connectivity index (χ0) is 18.8. The lowest BCUT2D eigenvalue weighted by atomic mass is 9.97. The number of pyridine rings is 1.